The third kappa shape index (κ3) is 5.13. The van der Waals surface area contributed by atoms with Crippen molar-refractivity contribution in [1.82, 2.24) is 0 Å². The summed E-state index contributed by atoms with van der Waals surface area (Å²) in [7, 11) is 3.09. The van der Waals surface area contributed by atoms with Crippen LogP contribution in [0.25, 0.3) is 16.8 Å². The molecule has 148 valence electrons. The Bertz CT molecular complexity index is 1050. The van der Waals surface area contributed by atoms with Gasteiger partial charge in [0.05, 0.1) is 14.2 Å². The van der Waals surface area contributed by atoms with Gasteiger partial charge in [0, 0.05) is 22.7 Å². The molecule has 0 aromatic heterocycles. The van der Waals surface area contributed by atoms with Gasteiger partial charge in [0.2, 0.25) is 0 Å². The van der Waals surface area contributed by atoms with Gasteiger partial charge in [-0.15, -0.1) is 0 Å². The summed E-state index contributed by atoms with van der Waals surface area (Å²) >= 11 is 0. The molecule has 29 heavy (non-hydrogen) atoms. The molecule has 6 nitrogen and oxygen atoms in total. The highest BCUT2D eigenvalue weighted by molar-refractivity contribution is 6.03. The number of nitrogens with one attached hydrogen (secondary N) is 1. The molecule has 0 atom stereocenters. The van der Waals surface area contributed by atoms with E-state index >= 15 is 0 Å². The van der Waals surface area contributed by atoms with Gasteiger partial charge in [-0.25, -0.2) is 4.79 Å². The predicted octanol–water partition coefficient (Wildman–Crippen LogP) is 4.05. The normalized spacial score (nSPS) is 10.7. The molecule has 1 amide bonds. The minimum Gasteiger partial charge on any atom is -0.497 e. The van der Waals surface area contributed by atoms with Crippen molar-refractivity contribution in [2.24, 2.45) is 0 Å². The maximum Gasteiger partial charge on any atom is 0.331 e. The molecule has 6 heteroatoms. The molecule has 0 saturated heterocycles. The number of fused-ring (bicyclic) bond motifs is 1. The molecule has 3 aromatic rings. The minimum absolute atomic E-state index is 0.387. The molecule has 0 radical (unpaired) electrons. The van der Waals surface area contributed by atoms with E-state index in [1.54, 1.807) is 37.5 Å². The molecule has 0 aliphatic heterocycles. The second-order valence-electron chi connectivity index (χ2n) is 6.12. The van der Waals surface area contributed by atoms with E-state index in [1.165, 1.54) is 13.2 Å². The number of amides is 1. The van der Waals surface area contributed by atoms with Crippen LogP contribution in [0.2, 0.25) is 0 Å². The standard InChI is InChI=1S/C23H21NO5/c1-27-18-11-12-21(28-2)17(14-18)10-13-23(26)29-15-22(25)24-20-9-5-7-16-6-3-4-8-19(16)20/h3-14H,15H2,1-2H3,(H,24,25)/b13-10+. The van der Waals surface area contributed by atoms with Crippen LogP contribution in [0.5, 0.6) is 11.5 Å². The average molecular weight is 391 g/mol. The molecule has 0 saturated carbocycles. The van der Waals surface area contributed by atoms with Crippen LogP contribution in [0.1, 0.15) is 5.56 Å². The first kappa shape index (κ1) is 19.9. The average Bonchev–Trinajstić information content (AvgIpc) is 2.76. The van der Waals surface area contributed by atoms with E-state index in [0.717, 1.165) is 10.8 Å². The van der Waals surface area contributed by atoms with Crippen molar-refractivity contribution >= 4 is 34.4 Å². The molecule has 0 fully saturated rings. The molecule has 1 N–H and O–H groups in total. The summed E-state index contributed by atoms with van der Waals surface area (Å²) in [6.07, 6.45) is 2.79. The number of methoxy groups -OCH3 is 2. The van der Waals surface area contributed by atoms with Crippen molar-refractivity contribution in [1.29, 1.82) is 0 Å². The topological polar surface area (TPSA) is 73.9 Å². The Balaban J connectivity index is 1.59. The monoisotopic (exact) mass is 391 g/mol. The van der Waals surface area contributed by atoms with Gasteiger partial charge >= 0.3 is 5.97 Å². The first-order valence-corrected chi connectivity index (χ1v) is 8.95. The zero-order valence-electron chi connectivity index (χ0n) is 16.2. The van der Waals surface area contributed by atoms with Crippen LogP contribution < -0.4 is 14.8 Å². The predicted molar refractivity (Wildman–Crippen MR) is 112 cm³/mol. The van der Waals surface area contributed by atoms with Gasteiger partial charge in [0.15, 0.2) is 6.61 Å². The highest BCUT2D eigenvalue weighted by Gasteiger charge is 2.09. The molecule has 0 heterocycles. The van der Waals surface area contributed by atoms with Gasteiger partial charge in [-0.2, -0.15) is 0 Å². The Morgan fingerprint density at radius 1 is 0.966 bits per heavy atom. The Hall–Kier alpha value is -3.80. The Morgan fingerprint density at radius 3 is 2.55 bits per heavy atom. The van der Waals surface area contributed by atoms with Crippen molar-refractivity contribution in [3.63, 3.8) is 0 Å². The Kier molecular flexibility index (Phi) is 6.47. The fraction of sp³-hybridized carbons (Fsp3) is 0.130. The van der Waals surface area contributed by atoms with Crippen LogP contribution in [0.15, 0.2) is 66.7 Å². The number of rotatable bonds is 7. The van der Waals surface area contributed by atoms with Gasteiger partial charge < -0.3 is 19.5 Å². The van der Waals surface area contributed by atoms with Crippen LogP contribution in [0, 0.1) is 0 Å². The number of hydrogen-bond acceptors (Lipinski definition) is 5. The molecule has 3 rings (SSSR count). The van der Waals surface area contributed by atoms with Crippen LogP contribution in [-0.4, -0.2) is 32.7 Å². The van der Waals surface area contributed by atoms with Crippen molar-refractivity contribution < 1.29 is 23.8 Å². The lowest BCUT2D eigenvalue weighted by molar-refractivity contribution is -0.142. The molecule has 0 unspecified atom stereocenters. The molecular weight excluding hydrogens is 370 g/mol. The Morgan fingerprint density at radius 2 is 1.76 bits per heavy atom. The second-order valence-corrected chi connectivity index (χ2v) is 6.12. The summed E-state index contributed by atoms with van der Waals surface area (Å²) in [5.41, 5.74) is 1.32. The lowest BCUT2D eigenvalue weighted by Gasteiger charge is -2.09. The van der Waals surface area contributed by atoms with Crippen LogP contribution in [0.3, 0.4) is 0 Å². The molecule has 0 aliphatic rings. The molecule has 0 aliphatic carbocycles. The summed E-state index contributed by atoms with van der Waals surface area (Å²) in [5.74, 6) is 0.168. The van der Waals surface area contributed by atoms with Gasteiger partial charge in [-0.05, 0) is 35.7 Å². The van der Waals surface area contributed by atoms with Crippen molar-refractivity contribution in [2.45, 2.75) is 0 Å². The first-order chi connectivity index (χ1) is 14.1. The van der Waals surface area contributed by atoms with Crippen molar-refractivity contribution in [2.75, 3.05) is 26.1 Å². The number of anilines is 1. The van der Waals surface area contributed by atoms with E-state index in [0.29, 0.717) is 22.7 Å². The maximum absolute atomic E-state index is 12.2. The van der Waals surface area contributed by atoms with E-state index in [-0.39, 0.29) is 6.61 Å². The lowest BCUT2D eigenvalue weighted by atomic mass is 10.1. The van der Waals surface area contributed by atoms with E-state index in [4.69, 9.17) is 14.2 Å². The summed E-state index contributed by atoms with van der Waals surface area (Å²) in [6.45, 7) is -0.387. The fourth-order valence-electron chi connectivity index (χ4n) is 2.83. The number of benzene rings is 3. The van der Waals surface area contributed by atoms with Crippen LogP contribution in [-0.2, 0) is 14.3 Å². The van der Waals surface area contributed by atoms with E-state index in [2.05, 4.69) is 5.32 Å². The third-order valence-electron chi connectivity index (χ3n) is 4.25. The SMILES string of the molecule is COc1ccc(OC)c(/C=C/C(=O)OCC(=O)Nc2cccc3ccccc23)c1. The second kappa shape index (κ2) is 9.41. The Labute approximate surface area is 168 Å². The number of carbonyl (C=O) groups excluding carboxylic acids is 2. The van der Waals surface area contributed by atoms with E-state index in [1.807, 2.05) is 36.4 Å². The zero-order chi connectivity index (χ0) is 20.6. The highest BCUT2D eigenvalue weighted by atomic mass is 16.5. The number of hydrogen-bond donors (Lipinski definition) is 1. The molecule has 0 spiro atoms. The van der Waals surface area contributed by atoms with Gasteiger partial charge in [0.25, 0.3) is 5.91 Å². The van der Waals surface area contributed by atoms with Crippen LogP contribution >= 0.6 is 0 Å². The van der Waals surface area contributed by atoms with Gasteiger partial charge in [-0.1, -0.05) is 36.4 Å². The number of ether oxygens (including phenoxy) is 3. The molecule has 3 aromatic carbocycles. The summed E-state index contributed by atoms with van der Waals surface area (Å²) in [6, 6.07) is 18.6. The largest absolute Gasteiger partial charge is 0.497 e. The molecule has 0 bridgehead atoms. The summed E-state index contributed by atoms with van der Waals surface area (Å²) in [4.78, 5) is 24.1. The smallest absolute Gasteiger partial charge is 0.331 e. The van der Waals surface area contributed by atoms with Crippen LogP contribution in [0.4, 0.5) is 5.69 Å². The van der Waals surface area contributed by atoms with E-state index in [9.17, 15) is 9.59 Å². The zero-order valence-corrected chi connectivity index (χ0v) is 16.2. The summed E-state index contributed by atoms with van der Waals surface area (Å²) in [5, 5.41) is 4.70. The van der Waals surface area contributed by atoms with Gasteiger partial charge in [-0.3, -0.25) is 4.79 Å². The quantitative estimate of drug-likeness (QED) is 0.486. The number of carbonyl (C=O) groups is 2. The molecular formula is C23H21NO5. The first-order valence-electron chi connectivity index (χ1n) is 8.95. The lowest BCUT2D eigenvalue weighted by Crippen LogP contribution is -2.20. The van der Waals surface area contributed by atoms with Gasteiger partial charge in [0.1, 0.15) is 11.5 Å². The van der Waals surface area contributed by atoms with E-state index < -0.39 is 11.9 Å². The maximum atomic E-state index is 12.2. The highest BCUT2D eigenvalue weighted by Crippen LogP contribution is 2.25. The minimum atomic E-state index is -0.636. The van der Waals surface area contributed by atoms with Crippen molar-refractivity contribution in [3.8, 4) is 11.5 Å². The fourth-order valence-corrected chi connectivity index (χ4v) is 2.83. The summed E-state index contributed by atoms with van der Waals surface area (Å²) < 4.78 is 15.5. The van der Waals surface area contributed by atoms with Crippen molar-refractivity contribution in [3.05, 3.63) is 72.3 Å². The number of esters is 1. The third-order valence-corrected chi connectivity index (χ3v) is 4.25.